The van der Waals surface area contributed by atoms with Crippen molar-refractivity contribution in [3.63, 3.8) is 0 Å². The molecule has 0 heterocycles. The molecule has 0 amide bonds. The zero-order valence-electron chi connectivity index (χ0n) is 10.9. The molecule has 1 aromatic rings. The van der Waals surface area contributed by atoms with Crippen LogP contribution in [0.25, 0.3) is 0 Å². The minimum atomic E-state index is 0.470. The third-order valence-electron chi connectivity index (χ3n) is 3.83. The summed E-state index contributed by atoms with van der Waals surface area (Å²) in [4.78, 5) is 0. The van der Waals surface area contributed by atoms with Gasteiger partial charge in [0, 0.05) is 12.6 Å². The van der Waals surface area contributed by atoms with Gasteiger partial charge in [-0.2, -0.15) is 0 Å². The fourth-order valence-electron chi connectivity index (χ4n) is 2.21. The fraction of sp³-hybridized carbons (Fsp3) is 0.600. The average molecular weight is 217 g/mol. The van der Waals surface area contributed by atoms with E-state index in [-0.39, 0.29) is 0 Å². The van der Waals surface area contributed by atoms with E-state index in [1.54, 1.807) is 0 Å². The Labute approximate surface area is 99.3 Å². The van der Waals surface area contributed by atoms with Crippen molar-refractivity contribution in [1.82, 2.24) is 5.32 Å². The van der Waals surface area contributed by atoms with Gasteiger partial charge < -0.3 is 5.32 Å². The minimum absolute atomic E-state index is 0.470. The largest absolute Gasteiger partial charge is 0.310 e. The SMILES string of the molecule is Cc1ccc(C(C)NCC2(C)CC2)c(C)c1. The summed E-state index contributed by atoms with van der Waals surface area (Å²) >= 11 is 0. The summed E-state index contributed by atoms with van der Waals surface area (Å²) < 4.78 is 0. The summed E-state index contributed by atoms with van der Waals surface area (Å²) in [5.74, 6) is 0. The third-order valence-corrected chi connectivity index (χ3v) is 3.83. The molecule has 1 atom stereocenters. The van der Waals surface area contributed by atoms with Crippen molar-refractivity contribution in [1.29, 1.82) is 0 Å². The van der Waals surface area contributed by atoms with Crippen molar-refractivity contribution >= 4 is 0 Å². The normalized spacial score (nSPS) is 19.5. The van der Waals surface area contributed by atoms with E-state index in [0.29, 0.717) is 11.5 Å². The maximum absolute atomic E-state index is 3.66. The molecule has 1 nitrogen and oxygen atoms in total. The van der Waals surface area contributed by atoms with Crippen LogP contribution in [0.1, 0.15) is 49.4 Å². The first kappa shape index (κ1) is 11.7. The van der Waals surface area contributed by atoms with Crippen LogP contribution >= 0.6 is 0 Å². The average Bonchev–Trinajstić information content (AvgIpc) is 2.94. The van der Waals surface area contributed by atoms with E-state index in [4.69, 9.17) is 0 Å². The molecule has 16 heavy (non-hydrogen) atoms. The van der Waals surface area contributed by atoms with Gasteiger partial charge in [0.1, 0.15) is 0 Å². The van der Waals surface area contributed by atoms with E-state index >= 15 is 0 Å². The first-order valence-corrected chi connectivity index (χ1v) is 6.31. The molecule has 1 unspecified atom stereocenters. The van der Waals surface area contributed by atoms with Crippen LogP contribution in [0, 0.1) is 19.3 Å². The lowest BCUT2D eigenvalue weighted by atomic mass is 9.99. The second-order valence-corrected chi connectivity index (χ2v) is 5.77. The molecule has 0 aliphatic heterocycles. The summed E-state index contributed by atoms with van der Waals surface area (Å²) in [7, 11) is 0. The number of benzene rings is 1. The van der Waals surface area contributed by atoms with E-state index in [0.717, 1.165) is 6.54 Å². The van der Waals surface area contributed by atoms with E-state index in [1.807, 2.05) is 0 Å². The number of nitrogens with one attached hydrogen (secondary N) is 1. The molecule has 1 heteroatoms. The summed E-state index contributed by atoms with van der Waals surface area (Å²) in [5.41, 5.74) is 4.78. The second kappa shape index (κ2) is 4.21. The van der Waals surface area contributed by atoms with Gasteiger partial charge in [-0.3, -0.25) is 0 Å². The minimum Gasteiger partial charge on any atom is -0.310 e. The highest BCUT2D eigenvalue weighted by Gasteiger charge is 2.36. The van der Waals surface area contributed by atoms with Gasteiger partial charge in [-0.1, -0.05) is 30.7 Å². The molecule has 1 aliphatic rings. The lowest BCUT2D eigenvalue weighted by Gasteiger charge is -2.19. The molecule has 88 valence electrons. The molecule has 2 rings (SSSR count). The zero-order chi connectivity index (χ0) is 11.8. The lowest BCUT2D eigenvalue weighted by Crippen LogP contribution is -2.25. The highest BCUT2D eigenvalue weighted by Crippen LogP contribution is 2.44. The van der Waals surface area contributed by atoms with Crippen LogP contribution in [0.4, 0.5) is 0 Å². The number of rotatable bonds is 4. The molecule has 0 bridgehead atoms. The van der Waals surface area contributed by atoms with Gasteiger partial charge in [0.05, 0.1) is 0 Å². The standard InChI is InChI=1S/C15H23N/c1-11-5-6-14(12(2)9-11)13(3)16-10-15(4)7-8-15/h5-6,9,13,16H,7-8,10H2,1-4H3. The predicted molar refractivity (Wildman–Crippen MR) is 69.7 cm³/mol. The summed E-state index contributed by atoms with van der Waals surface area (Å²) in [6.07, 6.45) is 2.78. The second-order valence-electron chi connectivity index (χ2n) is 5.77. The fourth-order valence-corrected chi connectivity index (χ4v) is 2.21. The van der Waals surface area contributed by atoms with Crippen molar-refractivity contribution in [2.75, 3.05) is 6.54 Å². The van der Waals surface area contributed by atoms with Crippen LogP contribution in [0.15, 0.2) is 18.2 Å². The van der Waals surface area contributed by atoms with Gasteiger partial charge >= 0.3 is 0 Å². The van der Waals surface area contributed by atoms with Crippen molar-refractivity contribution in [2.24, 2.45) is 5.41 Å². The molecule has 1 saturated carbocycles. The smallest absolute Gasteiger partial charge is 0.0294 e. The van der Waals surface area contributed by atoms with Crippen LogP contribution < -0.4 is 5.32 Å². The summed E-state index contributed by atoms with van der Waals surface area (Å²) in [6, 6.07) is 7.21. The highest BCUT2D eigenvalue weighted by molar-refractivity contribution is 5.32. The lowest BCUT2D eigenvalue weighted by molar-refractivity contribution is 0.456. The molecular formula is C15H23N. The quantitative estimate of drug-likeness (QED) is 0.810. The van der Waals surface area contributed by atoms with Crippen molar-refractivity contribution in [3.8, 4) is 0 Å². The molecular weight excluding hydrogens is 194 g/mol. The van der Waals surface area contributed by atoms with Crippen LogP contribution in [-0.2, 0) is 0 Å². The zero-order valence-corrected chi connectivity index (χ0v) is 10.9. The molecule has 1 aliphatic carbocycles. The predicted octanol–water partition coefficient (Wildman–Crippen LogP) is 3.75. The maximum atomic E-state index is 3.66. The Balaban J connectivity index is 1.99. The Morgan fingerprint density at radius 1 is 1.31 bits per heavy atom. The van der Waals surface area contributed by atoms with Gasteiger partial charge in [-0.05, 0) is 50.2 Å². The van der Waals surface area contributed by atoms with Crippen LogP contribution in [0.3, 0.4) is 0 Å². The number of hydrogen-bond acceptors (Lipinski definition) is 1. The molecule has 1 aromatic carbocycles. The molecule has 1 fully saturated rings. The Bertz CT molecular complexity index is 377. The van der Waals surface area contributed by atoms with Gasteiger partial charge in [0.15, 0.2) is 0 Å². The highest BCUT2D eigenvalue weighted by atomic mass is 14.9. The molecule has 0 radical (unpaired) electrons. The Morgan fingerprint density at radius 2 is 2.00 bits per heavy atom. The Hall–Kier alpha value is -0.820. The molecule has 0 aromatic heterocycles. The Kier molecular flexibility index (Phi) is 3.07. The van der Waals surface area contributed by atoms with Crippen molar-refractivity contribution in [3.05, 3.63) is 34.9 Å². The van der Waals surface area contributed by atoms with Crippen molar-refractivity contribution in [2.45, 2.75) is 46.6 Å². The van der Waals surface area contributed by atoms with E-state index < -0.39 is 0 Å². The topological polar surface area (TPSA) is 12.0 Å². The maximum Gasteiger partial charge on any atom is 0.0294 e. The van der Waals surface area contributed by atoms with Gasteiger partial charge in [0.2, 0.25) is 0 Å². The first-order valence-electron chi connectivity index (χ1n) is 6.31. The summed E-state index contributed by atoms with van der Waals surface area (Å²) in [6.45, 7) is 10.2. The first-order chi connectivity index (χ1) is 7.50. The Morgan fingerprint density at radius 3 is 2.56 bits per heavy atom. The van der Waals surface area contributed by atoms with Crippen LogP contribution in [0.2, 0.25) is 0 Å². The molecule has 0 spiro atoms. The van der Waals surface area contributed by atoms with Crippen LogP contribution in [0.5, 0.6) is 0 Å². The van der Waals surface area contributed by atoms with E-state index in [2.05, 4.69) is 51.2 Å². The van der Waals surface area contributed by atoms with Gasteiger partial charge in [-0.25, -0.2) is 0 Å². The summed E-state index contributed by atoms with van der Waals surface area (Å²) in [5, 5.41) is 3.66. The monoisotopic (exact) mass is 217 g/mol. The third kappa shape index (κ3) is 2.65. The molecule has 0 saturated heterocycles. The van der Waals surface area contributed by atoms with Crippen molar-refractivity contribution < 1.29 is 0 Å². The van der Waals surface area contributed by atoms with Gasteiger partial charge in [-0.15, -0.1) is 0 Å². The van der Waals surface area contributed by atoms with Crippen LogP contribution in [-0.4, -0.2) is 6.54 Å². The van der Waals surface area contributed by atoms with E-state index in [9.17, 15) is 0 Å². The number of aryl methyl sites for hydroxylation is 2. The van der Waals surface area contributed by atoms with Gasteiger partial charge in [0.25, 0.3) is 0 Å². The number of hydrogen-bond donors (Lipinski definition) is 1. The van der Waals surface area contributed by atoms with E-state index in [1.165, 1.54) is 29.5 Å². The molecule has 1 N–H and O–H groups in total.